The lowest BCUT2D eigenvalue weighted by atomic mass is 10.1. The lowest BCUT2D eigenvalue weighted by Crippen LogP contribution is -2.37. The van der Waals surface area contributed by atoms with E-state index < -0.39 is 12.0 Å². The first-order valence-corrected chi connectivity index (χ1v) is 5.80. The van der Waals surface area contributed by atoms with E-state index in [-0.39, 0.29) is 5.92 Å². The van der Waals surface area contributed by atoms with E-state index >= 15 is 0 Å². The van der Waals surface area contributed by atoms with Crippen LogP contribution in [0.15, 0.2) is 4.99 Å². The van der Waals surface area contributed by atoms with Gasteiger partial charge in [-0.25, -0.2) is 4.72 Å². The predicted molar refractivity (Wildman–Crippen MR) is 64.0 cm³/mol. The minimum absolute atomic E-state index is 0.0646. The van der Waals surface area contributed by atoms with E-state index in [1.165, 1.54) is 11.9 Å². The highest BCUT2D eigenvalue weighted by Crippen LogP contribution is 2.06. The Balaban J connectivity index is 3.73. The summed E-state index contributed by atoms with van der Waals surface area (Å²) >= 11 is 1.37. The van der Waals surface area contributed by atoms with E-state index in [1.807, 2.05) is 13.8 Å². The Kier molecular flexibility index (Phi) is 7.15. The first-order valence-electron chi connectivity index (χ1n) is 4.81. The molecule has 4 N–H and O–H groups in total. The van der Waals surface area contributed by atoms with Gasteiger partial charge in [-0.2, -0.15) is 0 Å². The first-order chi connectivity index (χ1) is 6.95. The highest BCUT2D eigenvalue weighted by Gasteiger charge is 2.20. The molecule has 0 amide bonds. The van der Waals surface area contributed by atoms with E-state index in [1.54, 1.807) is 6.92 Å². The number of nitrogens with one attached hydrogen (secondary N) is 1. The van der Waals surface area contributed by atoms with Gasteiger partial charge in [0.15, 0.2) is 0 Å². The van der Waals surface area contributed by atoms with Crippen LogP contribution < -0.4 is 10.5 Å². The van der Waals surface area contributed by atoms with E-state index in [0.29, 0.717) is 18.1 Å². The molecule has 0 heterocycles. The number of aliphatic carboxylic acids is 1. The van der Waals surface area contributed by atoms with Crippen LogP contribution in [0.25, 0.3) is 0 Å². The van der Waals surface area contributed by atoms with Crippen LogP contribution in [0, 0.1) is 5.92 Å². The summed E-state index contributed by atoms with van der Waals surface area (Å²) in [4.78, 5) is 14.8. The number of hydrogen-bond acceptors (Lipinski definition) is 4. The minimum atomic E-state index is -0.823. The maximum absolute atomic E-state index is 10.8. The van der Waals surface area contributed by atoms with Gasteiger partial charge in [-0.1, -0.05) is 25.8 Å². The van der Waals surface area contributed by atoms with Crippen molar-refractivity contribution in [2.24, 2.45) is 16.6 Å². The number of aliphatic imine (C=N–C) groups is 1. The fourth-order valence-corrected chi connectivity index (χ4v) is 1.74. The quantitative estimate of drug-likeness (QED) is 0.261. The van der Waals surface area contributed by atoms with Crippen LogP contribution in [0.5, 0.6) is 0 Å². The topological polar surface area (TPSA) is 87.7 Å². The highest BCUT2D eigenvalue weighted by molar-refractivity contribution is 7.97. The van der Waals surface area contributed by atoms with Crippen molar-refractivity contribution in [3.05, 3.63) is 0 Å². The van der Waals surface area contributed by atoms with Crippen LogP contribution in [0.1, 0.15) is 20.8 Å². The summed E-state index contributed by atoms with van der Waals surface area (Å²) in [5, 5.41) is 8.87. The van der Waals surface area contributed by atoms with Gasteiger partial charge in [-0.3, -0.25) is 9.79 Å². The number of carbonyl (C=O) groups is 1. The number of amidine groups is 1. The zero-order valence-electron chi connectivity index (χ0n) is 9.36. The summed E-state index contributed by atoms with van der Waals surface area (Å²) in [5.41, 5.74) is 5.36. The Morgan fingerprint density at radius 2 is 2.20 bits per heavy atom. The van der Waals surface area contributed by atoms with Gasteiger partial charge in [0.25, 0.3) is 0 Å². The minimum Gasteiger partial charge on any atom is -0.480 e. The molecule has 0 aliphatic carbocycles. The summed E-state index contributed by atoms with van der Waals surface area (Å²) in [6.07, 6.45) is 0. The van der Waals surface area contributed by atoms with Crippen molar-refractivity contribution in [3.8, 4) is 0 Å². The van der Waals surface area contributed by atoms with E-state index in [2.05, 4.69) is 9.71 Å². The van der Waals surface area contributed by atoms with E-state index in [0.717, 1.165) is 0 Å². The SMILES string of the molecule is CC(N)=NCCSN[C@@H](C(=O)O)C(C)C. The molecule has 88 valence electrons. The Morgan fingerprint density at radius 1 is 1.60 bits per heavy atom. The third kappa shape index (κ3) is 7.21. The average Bonchev–Trinajstić information content (AvgIpc) is 2.08. The third-order valence-electron chi connectivity index (χ3n) is 1.70. The molecule has 1 atom stereocenters. The molecule has 0 rings (SSSR count). The Hall–Kier alpha value is -0.750. The molecule has 15 heavy (non-hydrogen) atoms. The molecule has 0 fully saturated rings. The molecular weight excluding hydrogens is 214 g/mol. The largest absolute Gasteiger partial charge is 0.480 e. The van der Waals surface area contributed by atoms with E-state index in [4.69, 9.17) is 10.8 Å². The van der Waals surface area contributed by atoms with Gasteiger partial charge in [0.05, 0.1) is 12.4 Å². The van der Waals surface area contributed by atoms with Crippen LogP contribution >= 0.6 is 11.9 Å². The monoisotopic (exact) mass is 233 g/mol. The maximum atomic E-state index is 10.8. The van der Waals surface area contributed by atoms with Crippen LogP contribution in [-0.4, -0.2) is 35.3 Å². The van der Waals surface area contributed by atoms with Gasteiger partial charge < -0.3 is 10.8 Å². The van der Waals surface area contributed by atoms with Gasteiger partial charge in [-0.05, 0) is 12.8 Å². The summed E-state index contributed by atoms with van der Waals surface area (Å²) in [5.74, 6) is 0.505. The zero-order chi connectivity index (χ0) is 11.8. The fraction of sp³-hybridized carbons (Fsp3) is 0.778. The molecule has 0 aliphatic heterocycles. The number of carboxylic acids is 1. The van der Waals surface area contributed by atoms with Crippen molar-refractivity contribution in [3.63, 3.8) is 0 Å². The number of nitrogens with zero attached hydrogens (tertiary/aromatic N) is 1. The maximum Gasteiger partial charge on any atom is 0.321 e. The molecule has 0 unspecified atom stereocenters. The smallest absolute Gasteiger partial charge is 0.321 e. The van der Waals surface area contributed by atoms with Crippen molar-refractivity contribution in [2.75, 3.05) is 12.3 Å². The number of carboxylic acid groups (broad SMARTS) is 1. The molecular formula is C9H19N3O2S. The number of nitrogens with two attached hydrogens (primary N) is 1. The van der Waals surface area contributed by atoms with Crippen LogP contribution in [0.2, 0.25) is 0 Å². The van der Waals surface area contributed by atoms with Crippen molar-refractivity contribution >= 4 is 23.8 Å². The molecule has 0 saturated heterocycles. The molecule has 0 aliphatic rings. The Bertz CT molecular complexity index is 227. The van der Waals surface area contributed by atoms with Gasteiger partial charge in [0.1, 0.15) is 6.04 Å². The third-order valence-corrected chi connectivity index (χ3v) is 2.50. The summed E-state index contributed by atoms with van der Waals surface area (Å²) in [6.45, 7) is 6.07. The molecule has 0 aromatic rings. The second-order valence-corrected chi connectivity index (χ2v) is 4.48. The lowest BCUT2D eigenvalue weighted by Gasteiger charge is -2.16. The molecule has 0 radical (unpaired) electrons. The molecule has 0 saturated carbocycles. The number of rotatable bonds is 7. The molecule has 0 spiro atoms. The number of hydrogen-bond donors (Lipinski definition) is 3. The lowest BCUT2D eigenvalue weighted by molar-refractivity contribution is -0.139. The normalized spacial score (nSPS) is 14.3. The van der Waals surface area contributed by atoms with Gasteiger partial charge >= 0.3 is 5.97 Å². The first kappa shape index (κ1) is 14.2. The van der Waals surface area contributed by atoms with Gasteiger partial charge in [0, 0.05) is 5.75 Å². The second-order valence-electron chi connectivity index (χ2n) is 3.55. The summed E-state index contributed by atoms with van der Waals surface area (Å²) in [7, 11) is 0. The predicted octanol–water partition coefficient (Wildman–Crippen LogP) is 0.710. The van der Waals surface area contributed by atoms with Crippen molar-refractivity contribution < 1.29 is 9.90 Å². The molecule has 0 aromatic heterocycles. The zero-order valence-corrected chi connectivity index (χ0v) is 10.2. The van der Waals surface area contributed by atoms with Crippen molar-refractivity contribution in [1.29, 1.82) is 0 Å². The molecule has 0 aromatic carbocycles. The summed E-state index contributed by atoms with van der Waals surface area (Å²) in [6, 6.07) is -0.516. The highest BCUT2D eigenvalue weighted by atomic mass is 32.2. The van der Waals surface area contributed by atoms with Crippen LogP contribution in [-0.2, 0) is 4.79 Å². The summed E-state index contributed by atoms with van der Waals surface area (Å²) < 4.78 is 2.90. The van der Waals surface area contributed by atoms with Crippen molar-refractivity contribution in [2.45, 2.75) is 26.8 Å². The van der Waals surface area contributed by atoms with Crippen LogP contribution in [0.3, 0.4) is 0 Å². The molecule has 5 nitrogen and oxygen atoms in total. The fourth-order valence-electron chi connectivity index (χ4n) is 0.888. The van der Waals surface area contributed by atoms with Crippen LogP contribution in [0.4, 0.5) is 0 Å². The van der Waals surface area contributed by atoms with Gasteiger partial charge in [-0.15, -0.1) is 0 Å². The standard InChI is InChI=1S/C9H19N3O2S/c1-6(2)8(9(13)14)12-15-5-4-11-7(3)10/h6,8,12H,4-5H2,1-3H3,(H2,10,11)(H,13,14)/t8-/m1/s1. The Morgan fingerprint density at radius 3 is 2.60 bits per heavy atom. The average molecular weight is 233 g/mol. The molecule has 0 bridgehead atoms. The second kappa shape index (κ2) is 7.53. The molecule has 6 heteroatoms. The Labute approximate surface area is 94.7 Å². The van der Waals surface area contributed by atoms with E-state index in [9.17, 15) is 4.79 Å². The van der Waals surface area contributed by atoms with Crippen molar-refractivity contribution in [1.82, 2.24) is 4.72 Å². The van der Waals surface area contributed by atoms with Gasteiger partial charge in [0.2, 0.25) is 0 Å².